The molecule has 124 valence electrons. The smallest absolute Gasteiger partial charge is 0.340 e. The Morgan fingerprint density at radius 2 is 1.60 bits per heavy atom. The molecule has 1 atom stereocenters. The maximum Gasteiger partial charge on any atom is 0.340 e. The number of hydrogen-bond acceptors (Lipinski definition) is 3. The summed E-state index contributed by atoms with van der Waals surface area (Å²) in [4.78, 5) is 12.6. The van der Waals surface area contributed by atoms with Crippen LogP contribution in [0.4, 0.5) is 0 Å². The molecule has 0 saturated heterocycles. The quantitative estimate of drug-likeness (QED) is 0.705. The molecule has 25 heavy (non-hydrogen) atoms. The standard InChI is InChI=1S/C22H18O3/c1-14-7-9-16(10-8-14)22(19-12-11-17(23)13-15(19)2)20-6-4-3-5-18(20)21(24)25-22/h3-13,23H,1-2H3. The molecule has 0 bridgehead atoms. The third-order valence-electron chi connectivity index (χ3n) is 4.82. The molecule has 0 aromatic heterocycles. The molecule has 1 aliphatic heterocycles. The van der Waals surface area contributed by atoms with Gasteiger partial charge in [-0.2, -0.15) is 0 Å². The van der Waals surface area contributed by atoms with Crippen LogP contribution in [0.25, 0.3) is 0 Å². The van der Waals surface area contributed by atoms with Crippen molar-refractivity contribution in [2.45, 2.75) is 19.4 Å². The maximum atomic E-state index is 12.6. The largest absolute Gasteiger partial charge is 0.508 e. The summed E-state index contributed by atoms with van der Waals surface area (Å²) in [5.74, 6) is -0.137. The van der Waals surface area contributed by atoms with Crippen LogP contribution in [-0.2, 0) is 10.3 Å². The number of esters is 1. The lowest BCUT2D eigenvalue weighted by Gasteiger charge is -2.31. The maximum absolute atomic E-state index is 12.6. The van der Waals surface area contributed by atoms with E-state index in [2.05, 4.69) is 0 Å². The summed E-state index contributed by atoms with van der Waals surface area (Å²) in [5.41, 5.74) is 4.16. The summed E-state index contributed by atoms with van der Waals surface area (Å²) >= 11 is 0. The van der Waals surface area contributed by atoms with Gasteiger partial charge in [0.05, 0.1) is 5.56 Å². The number of benzene rings is 3. The molecule has 0 amide bonds. The Balaban J connectivity index is 2.07. The molecule has 1 aliphatic rings. The van der Waals surface area contributed by atoms with Gasteiger partial charge in [-0.05, 0) is 37.6 Å². The number of phenols is 1. The van der Waals surface area contributed by atoms with Crippen molar-refractivity contribution in [3.63, 3.8) is 0 Å². The highest BCUT2D eigenvalue weighted by Gasteiger charge is 2.49. The number of rotatable bonds is 2. The van der Waals surface area contributed by atoms with Crippen molar-refractivity contribution in [1.29, 1.82) is 0 Å². The highest BCUT2D eigenvalue weighted by molar-refractivity contribution is 5.96. The minimum absolute atomic E-state index is 0.193. The molecule has 1 unspecified atom stereocenters. The fraction of sp³-hybridized carbons (Fsp3) is 0.136. The van der Waals surface area contributed by atoms with Gasteiger partial charge in [-0.25, -0.2) is 4.79 Å². The molecule has 0 radical (unpaired) electrons. The Morgan fingerprint density at radius 3 is 2.32 bits per heavy atom. The number of ether oxygens (including phenoxy) is 1. The van der Waals surface area contributed by atoms with E-state index < -0.39 is 5.60 Å². The molecule has 4 rings (SSSR count). The van der Waals surface area contributed by atoms with Gasteiger partial charge in [-0.3, -0.25) is 0 Å². The Kier molecular flexibility index (Phi) is 3.39. The van der Waals surface area contributed by atoms with Crippen molar-refractivity contribution in [1.82, 2.24) is 0 Å². The van der Waals surface area contributed by atoms with Gasteiger partial charge >= 0.3 is 5.97 Å². The van der Waals surface area contributed by atoms with Crippen LogP contribution < -0.4 is 0 Å². The molecule has 1 heterocycles. The molecule has 0 spiro atoms. The van der Waals surface area contributed by atoms with Crippen molar-refractivity contribution >= 4 is 5.97 Å². The van der Waals surface area contributed by atoms with Crippen LogP contribution in [0.1, 0.15) is 38.2 Å². The lowest BCUT2D eigenvalue weighted by molar-refractivity contribution is 0.0250. The molecule has 3 aromatic rings. The van der Waals surface area contributed by atoms with Gasteiger partial charge in [0.15, 0.2) is 5.60 Å². The van der Waals surface area contributed by atoms with Crippen LogP contribution in [0.2, 0.25) is 0 Å². The molecule has 3 nitrogen and oxygen atoms in total. The second kappa shape index (κ2) is 5.49. The van der Waals surface area contributed by atoms with Gasteiger partial charge in [0.2, 0.25) is 0 Å². The van der Waals surface area contributed by atoms with E-state index in [1.54, 1.807) is 18.2 Å². The zero-order valence-corrected chi connectivity index (χ0v) is 14.1. The predicted molar refractivity (Wildman–Crippen MR) is 95.8 cm³/mol. The van der Waals surface area contributed by atoms with Crippen LogP contribution in [0.3, 0.4) is 0 Å². The average molecular weight is 330 g/mol. The number of aromatic hydroxyl groups is 1. The van der Waals surface area contributed by atoms with Crippen LogP contribution in [0, 0.1) is 13.8 Å². The van der Waals surface area contributed by atoms with E-state index in [1.165, 1.54) is 0 Å². The summed E-state index contributed by atoms with van der Waals surface area (Å²) in [7, 11) is 0. The van der Waals surface area contributed by atoms with Crippen molar-refractivity contribution in [3.8, 4) is 5.75 Å². The number of cyclic esters (lactones) is 1. The zero-order valence-electron chi connectivity index (χ0n) is 14.1. The summed E-state index contributed by atoms with van der Waals surface area (Å²) in [6.45, 7) is 3.94. The van der Waals surface area contributed by atoms with Gasteiger partial charge < -0.3 is 9.84 Å². The van der Waals surface area contributed by atoms with Crippen molar-refractivity contribution in [2.24, 2.45) is 0 Å². The Morgan fingerprint density at radius 1 is 0.880 bits per heavy atom. The number of phenolic OH excluding ortho intramolecular Hbond substituents is 1. The molecule has 3 aromatic carbocycles. The van der Waals surface area contributed by atoms with Gasteiger partial charge in [-0.15, -0.1) is 0 Å². The van der Waals surface area contributed by atoms with E-state index in [4.69, 9.17) is 4.74 Å². The lowest BCUT2D eigenvalue weighted by atomic mass is 9.78. The third kappa shape index (κ3) is 2.23. The van der Waals surface area contributed by atoms with Crippen LogP contribution in [0.5, 0.6) is 5.75 Å². The second-order valence-corrected chi connectivity index (χ2v) is 6.48. The molecule has 3 heteroatoms. The predicted octanol–water partition coefficient (Wildman–Crippen LogP) is 4.47. The Labute approximate surface area is 146 Å². The first-order valence-electron chi connectivity index (χ1n) is 8.22. The first kappa shape index (κ1) is 15.5. The molecule has 1 N–H and O–H groups in total. The number of aryl methyl sites for hydroxylation is 2. The minimum Gasteiger partial charge on any atom is -0.508 e. The van der Waals surface area contributed by atoms with Gasteiger partial charge in [0.25, 0.3) is 0 Å². The van der Waals surface area contributed by atoms with Crippen LogP contribution in [-0.4, -0.2) is 11.1 Å². The lowest BCUT2D eigenvalue weighted by Crippen LogP contribution is -2.30. The fourth-order valence-corrected chi connectivity index (χ4v) is 3.62. The van der Waals surface area contributed by atoms with E-state index in [1.807, 2.05) is 62.4 Å². The number of carbonyl (C=O) groups is 1. The van der Waals surface area contributed by atoms with Crippen molar-refractivity contribution < 1.29 is 14.6 Å². The summed E-state index contributed by atoms with van der Waals surface area (Å²) in [6.07, 6.45) is 0. The van der Waals surface area contributed by atoms with Crippen molar-refractivity contribution in [2.75, 3.05) is 0 Å². The first-order valence-corrected chi connectivity index (χ1v) is 8.22. The zero-order chi connectivity index (χ0) is 17.6. The van der Waals surface area contributed by atoms with E-state index >= 15 is 0 Å². The topological polar surface area (TPSA) is 46.5 Å². The third-order valence-corrected chi connectivity index (χ3v) is 4.82. The van der Waals surface area contributed by atoms with E-state index in [0.717, 1.165) is 27.8 Å². The molecule has 0 fully saturated rings. The molecule has 0 saturated carbocycles. The molecule has 0 aliphatic carbocycles. The second-order valence-electron chi connectivity index (χ2n) is 6.48. The van der Waals surface area contributed by atoms with E-state index in [9.17, 15) is 9.90 Å². The monoisotopic (exact) mass is 330 g/mol. The van der Waals surface area contributed by atoms with Crippen LogP contribution >= 0.6 is 0 Å². The molecular formula is C22H18O3. The van der Waals surface area contributed by atoms with Crippen molar-refractivity contribution in [3.05, 3.63) is 100 Å². The van der Waals surface area contributed by atoms with Crippen LogP contribution in [0.15, 0.2) is 66.7 Å². The Hall–Kier alpha value is -3.07. The van der Waals surface area contributed by atoms with Gasteiger partial charge in [0.1, 0.15) is 5.75 Å². The fourth-order valence-electron chi connectivity index (χ4n) is 3.62. The first-order chi connectivity index (χ1) is 12.0. The summed E-state index contributed by atoms with van der Waals surface area (Å²) in [6, 6.07) is 20.7. The highest BCUT2D eigenvalue weighted by Crippen LogP contribution is 2.48. The summed E-state index contributed by atoms with van der Waals surface area (Å²) in [5, 5.41) is 9.81. The normalized spacial score (nSPS) is 18.7. The number of carbonyl (C=O) groups excluding carboxylic acids is 1. The SMILES string of the molecule is Cc1ccc(C2(c3ccc(O)cc3C)OC(=O)c3ccccc32)cc1. The average Bonchev–Trinajstić information content (AvgIpc) is 2.90. The van der Waals surface area contributed by atoms with E-state index in [0.29, 0.717) is 5.56 Å². The number of fused-ring (bicyclic) bond motifs is 1. The Bertz CT molecular complexity index is 973. The highest BCUT2D eigenvalue weighted by atomic mass is 16.6. The molecular weight excluding hydrogens is 312 g/mol. The number of hydrogen-bond donors (Lipinski definition) is 1. The summed E-state index contributed by atoms with van der Waals surface area (Å²) < 4.78 is 6.03. The van der Waals surface area contributed by atoms with Gasteiger partial charge in [-0.1, -0.05) is 54.1 Å². The van der Waals surface area contributed by atoms with Gasteiger partial charge in [0, 0.05) is 16.7 Å². The van der Waals surface area contributed by atoms with E-state index in [-0.39, 0.29) is 11.7 Å². The minimum atomic E-state index is -1.00.